The molecule has 30 heavy (non-hydrogen) atoms. The lowest BCUT2D eigenvalue weighted by Crippen LogP contribution is -2.49. The Kier molecular flexibility index (Phi) is 8.52. The highest BCUT2D eigenvalue weighted by molar-refractivity contribution is 5.83. The third-order valence-electron chi connectivity index (χ3n) is 5.85. The normalized spacial score (nSPS) is 19.4. The zero-order valence-electron chi connectivity index (χ0n) is 17.4. The molecule has 2 aliphatic rings. The van der Waals surface area contributed by atoms with Gasteiger partial charge in [-0.2, -0.15) is 5.26 Å². The van der Waals surface area contributed by atoms with Crippen LogP contribution in [0.2, 0.25) is 0 Å². The van der Waals surface area contributed by atoms with Gasteiger partial charge in [0.2, 0.25) is 0 Å². The number of amides is 2. The zero-order valence-corrected chi connectivity index (χ0v) is 17.4. The van der Waals surface area contributed by atoms with Crippen LogP contribution < -0.4 is 5.32 Å². The summed E-state index contributed by atoms with van der Waals surface area (Å²) in [6, 6.07) is 10.9. The Balaban J connectivity index is 1.60. The van der Waals surface area contributed by atoms with Gasteiger partial charge in [0.05, 0.1) is 19.3 Å². The van der Waals surface area contributed by atoms with Crippen LogP contribution in [0.3, 0.4) is 0 Å². The van der Waals surface area contributed by atoms with Crippen molar-refractivity contribution < 1.29 is 19.1 Å². The fourth-order valence-electron chi connectivity index (χ4n) is 4.20. The van der Waals surface area contributed by atoms with E-state index < -0.39 is 18.2 Å². The fraction of sp³-hybridized carbons (Fsp3) is 0.609. The van der Waals surface area contributed by atoms with Gasteiger partial charge in [-0.15, -0.1) is 0 Å². The summed E-state index contributed by atoms with van der Waals surface area (Å²) in [6.45, 7) is 2.03. The van der Waals surface area contributed by atoms with E-state index in [9.17, 15) is 14.9 Å². The van der Waals surface area contributed by atoms with E-state index in [0.717, 1.165) is 31.2 Å². The number of nitrogens with zero attached hydrogens (tertiary/aromatic N) is 2. The predicted molar refractivity (Wildman–Crippen MR) is 112 cm³/mol. The Labute approximate surface area is 178 Å². The molecule has 1 aromatic rings. The van der Waals surface area contributed by atoms with E-state index in [1.54, 1.807) is 4.90 Å². The van der Waals surface area contributed by atoms with Crippen molar-refractivity contribution in [2.45, 2.75) is 57.1 Å². The fourth-order valence-corrected chi connectivity index (χ4v) is 4.20. The minimum atomic E-state index is -0.817. The van der Waals surface area contributed by atoms with Crippen LogP contribution in [0, 0.1) is 17.2 Å². The molecule has 3 rings (SSSR count). The monoisotopic (exact) mass is 413 g/mol. The van der Waals surface area contributed by atoms with E-state index in [2.05, 4.69) is 11.4 Å². The first kappa shape index (κ1) is 22.1. The Bertz CT molecular complexity index is 722. The van der Waals surface area contributed by atoms with Crippen molar-refractivity contribution >= 4 is 12.0 Å². The molecule has 7 nitrogen and oxygen atoms in total. The molecule has 1 aliphatic carbocycles. The first-order chi connectivity index (χ1) is 14.7. The second-order valence-electron chi connectivity index (χ2n) is 8.09. The summed E-state index contributed by atoms with van der Waals surface area (Å²) in [4.78, 5) is 27.3. The Morgan fingerprint density at radius 3 is 2.53 bits per heavy atom. The number of nitrogens with one attached hydrogen (secondary N) is 1. The minimum Gasteiger partial charge on any atom is -0.436 e. The molecule has 0 aromatic heterocycles. The molecule has 1 heterocycles. The molecule has 1 saturated carbocycles. The number of hydrogen-bond donors (Lipinski definition) is 1. The van der Waals surface area contributed by atoms with Gasteiger partial charge in [-0.05, 0) is 17.9 Å². The minimum absolute atomic E-state index is 0.157. The zero-order chi connectivity index (χ0) is 21.2. The van der Waals surface area contributed by atoms with Crippen LogP contribution in [0.5, 0.6) is 0 Å². The van der Waals surface area contributed by atoms with Crippen molar-refractivity contribution in [3.8, 4) is 6.07 Å². The molecular weight excluding hydrogens is 382 g/mol. The van der Waals surface area contributed by atoms with Gasteiger partial charge < -0.3 is 19.7 Å². The number of morpholine rings is 1. The summed E-state index contributed by atoms with van der Waals surface area (Å²) < 4.78 is 10.9. The average Bonchev–Trinajstić information content (AvgIpc) is 2.79. The first-order valence-electron chi connectivity index (χ1n) is 10.9. The second-order valence-corrected chi connectivity index (χ2v) is 8.09. The number of alkyl carbamates (subject to hydrolysis) is 1. The quantitative estimate of drug-likeness (QED) is 0.742. The van der Waals surface area contributed by atoms with Crippen LogP contribution in [0.15, 0.2) is 30.3 Å². The molecule has 0 bridgehead atoms. The SMILES string of the molecule is N#C[C@H](Cc1ccccc1)NC(=O)O[C@@H](CC1CCCCC1)C(=O)N1CCOCC1. The highest BCUT2D eigenvalue weighted by Crippen LogP contribution is 2.28. The molecule has 1 saturated heterocycles. The average molecular weight is 414 g/mol. The molecule has 7 heteroatoms. The van der Waals surface area contributed by atoms with E-state index in [0.29, 0.717) is 45.1 Å². The van der Waals surface area contributed by atoms with Gasteiger partial charge in [0.25, 0.3) is 5.91 Å². The van der Waals surface area contributed by atoms with Crippen molar-refractivity contribution in [1.82, 2.24) is 10.2 Å². The van der Waals surface area contributed by atoms with Crippen LogP contribution in [0.25, 0.3) is 0 Å². The highest BCUT2D eigenvalue weighted by atomic mass is 16.6. The molecule has 0 unspecified atom stereocenters. The van der Waals surface area contributed by atoms with Crippen LogP contribution in [0.1, 0.15) is 44.1 Å². The molecule has 1 aromatic carbocycles. The molecule has 2 atom stereocenters. The maximum atomic E-state index is 13.1. The van der Waals surface area contributed by atoms with E-state index in [1.165, 1.54) is 6.42 Å². The van der Waals surface area contributed by atoms with Gasteiger partial charge in [0, 0.05) is 19.5 Å². The second kappa shape index (κ2) is 11.6. The van der Waals surface area contributed by atoms with Gasteiger partial charge in [-0.1, -0.05) is 62.4 Å². The Morgan fingerprint density at radius 2 is 1.87 bits per heavy atom. The van der Waals surface area contributed by atoms with Gasteiger partial charge >= 0.3 is 6.09 Å². The molecule has 2 amide bonds. The summed E-state index contributed by atoms with van der Waals surface area (Å²) in [7, 11) is 0. The topological polar surface area (TPSA) is 91.7 Å². The number of carbonyl (C=O) groups excluding carboxylic acids is 2. The van der Waals surface area contributed by atoms with E-state index >= 15 is 0 Å². The highest BCUT2D eigenvalue weighted by Gasteiger charge is 2.32. The van der Waals surface area contributed by atoms with Crippen molar-refractivity contribution in [1.29, 1.82) is 5.26 Å². The van der Waals surface area contributed by atoms with Crippen LogP contribution in [-0.4, -0.2) is 55.3 Å². The van der Waals surface area contributed by atoms with Gasteiger partial charge in [-0.25, -0.2) is 4.79 Å². The third-order valence-corrected chi connectivity index (χ3v) is 5.85. The summed E-state index contributed by atoms with van der Waals surface area (Å²) in [5.74, 6) is 0.230. The molecule has 162 valence electrons. The Morgan fingerprint density at radius 1 is 1.17 bits per heavy atom. The van der Waals surface area contributed by atoms with Gasteiger partial charge in [0.15, 0.2) is 6.10 Å². The summed E-state index contributed by atoms with van der Waals surface area (Å²) >= 11 is 0. The smallest absolute Gasteiger partial charge is 0.408 e. The molecule has 1 N–H and O–H groups in total. The molecule has 1 aliphatic heterocycles. The van der Waals surface area contributed by atoms with E-state index in [-0.39, 0.29) is 5.91 Å². The Hall–Kier alpha value is -2.59. The van der Waals surface area contributed by atoms with Crippen molar-refractivity contribution in [3.05, 3.63) is 35.9 Å². The predicted octanol–water partition coefficient (Wildman–Crippen LogP) is 3.05. The van der Waals surface area contributed by atoms with Crippen molar-refractivity contribution in [2.75, 3.05) is 26.3 Å². The maximum absolute atomic E-state index is 13.1. The number of rotatable bonds is 7. The molecular formula is C23H31N3O4. The standard InChI is InChI=1S/C23H31N3O4/c24-17-20(15-18-7-3-1-4-8-18)25-23(28)30-21(16-19-9-5-2-6-10-19)22(27)26-11-13-29-14-12-26/h1,3-4,7-8,19-21H,2,5-6,9-16H2,(H,25,28)/t20-,21-/m0/s1. The molecule has 0 radical (unpaired) electrons. The number of ether oxygens (including phenoxy) is 2. The number of hydrogen-bond acceptors (Lipinski definition) is 5. The summed E-state index contributed by atoms with van der Waals surface area (Å²) in [5.41, 5.74) is 0.951. The van der Waals surface area contributed by atoms with Crippen molar-refractivity contribution in [3.63, 3.8) is 0 Å². The van der Waals surface area contributed by atoms with Gasteiger partial charge in [-0.3, -0.25) is 4.79 Å². The van der Waals surface area contributed by atoms with Crippen LogP contribution >= 0.6 is 0 Å². The maximum Gasteiger partial charge on any atom is 0.408 e. The van der Waals surface area contributed by atoms with Crippen LogP contribution in [-0.2, 0) is 20.7 Å². The number of carbonyl (C=O) groups is 2. The number of nitriles is 1. The first-order valence-corrected chi connectivity index (χ1v) is 10.9. The lowest BCUT2D eigenvalue weighted by atomic mass is 9.85. The van der Waals surface area contributed by atoms with Gasteiger partial charge in [0.1, 0.15) is 6.04 Å². The largest absolute Gasteiger partial charge is 0.436 e. The lowest BCUT2D eigenvalue weighted by Gasteiger charge is -2.32. The number of benzene rings is 1. The molecule has 0 spiro atoms. The van der Waals surface area contributed by atoms with Crippen LogP contribution in [0.4, 0.5) is 4.79 Å². The summed E-state index contributed by atoms with van der Waals surface area (Å²) in [5, 5.41) is 12.1. The van der Waals surface area contributed by atoms with Crippen molar-refractivity contribution in [2.24, 2.45) is 5.92 Å². The third kappa shape index (κ3) is 6.74. The van der Waals surface area contributed by atoms with E-state index in [1.807, 2.05) is 30.3 Å². The summed E-state index contributed by atoms with van der Waals surface area (Å²) in [6.07, 6.45) is 5.06. The lowest BCUT2D eigenvalue weighted by molar-refractivity contribution is -0.145. The molecule has 2 fully saturated rings. The van der Waals surface area contributed by atoms with E-state index in [4.69, 9.17) is 9.47 Å².